The molecule has 1 fully saturated rings. The van der Waals surface area contributed by atoms with Crippen LogP contribution < -0.4 is 0 Å². The van der Waals surface area contributed by atoms with Crippen molar-refractivity contribution < 1.29 is 24.9 Å². The highest BCUT2D eigenvalue weighted by Crippen LogP contribution is 2.28. The van der Waals surface area contributed by atoms with Crippen LogP contribution in [0.25, 0.3) is 0 Å². The minimum Gasteiger partial charge on any atom is -0.463 e. The Balaban J connectivity index is 0.000000325. The summed E-state index contributed by atoms with van der Waals surface area (Å²) in [7, 11) is 0. The van der Waals surface area contributed by atoms with Gasteiger partial charge in [-0.1, -0.05) is 55.3 Å². The molecular formula is C25H40O5. The highest BCUT2D eigenvalue weighted by Gasteiger charge is 2.21. The van der Waals surface area contributed by atoms with E-state index in [2.05, 4.69) is 26.0 Å². The quantitative estimate of drug-likeness (QED) is 0.276. The van der Waals surface area contributed by atoms with Crippen molar-refractivity contribution in [2.45, 2.75) is 83.8 Å². The number of esters is 1. The molecule has 0 saturated heterocycles. The van der Waals surface area contributed by atoms with Crippen LogP contribution in [0.2, 0.25) is 0 Å². The summed E-state index contributed by atoms with van der Waals surface area (Å²) in [5.74, 6) is 0.391. The lowest BCUT2D eigenvalue weighted by Gasteiger charge is -2.08. The summed E-state index contributed by atoms with van der Waals surface area (Å²) in [6.07, 6.45) is 11.9. The molecule has 30 heavy (non-hydrogen) atoms. The lowest BCUT2D eigenvalue weighted by atomic mass is 10.0. The van der Waals surface area contributed by atoms with Gasteiger partial charge in [0.15, 0.2) is 0 Å². The van der Waals surface area contributed by atoms with Gasteiger partial charge < -0.3 is 20.1 Å². The Labute approximate surface area is 181 Å². The van der Waals surface area contributed by atoms with Crippen LogP contribution in [0.3, 0.4) is 0 Å². The molecule has 170 valence electrons. The van der Waals surface area contributed by atoms with E-state index in [0.717, 1.165) is 56.9 Å². The summed E-state index contributed by atoms with van der Waals surface area (Å²) in [5.41, 5.74) is 2.27. The molecule has 0 aromatic heterocycles. The third-order valence-electron chi connectivity index (χ3n) is 5.28. The monoisotopic (exact) mass is 420 g/mol. The van der Waals surface area contributed by atoms with Gasteiger partial charge in [-0.15, -0.1) is 0 Å². The number of rotatable bonds is 11. The van der Waals surface area contributed by atoms with Gasteiger partial charge in [0.25, 0.3) is 0 Å². The molecule has 5 nitrogen and oxygen atoms in total. The number of carbonyl (C=O) groups is 1. The number of carbonyl (C=O) groups excluding carboxylic acids is 1. The minimum absolute atomic E-state index is 0.0929. The minimum atomic E-state index is -0.282. The molecule has 3 N–H and O–H groups in total. The van der Waals surface area contributed by atoms with Crippen molar-refractivity contribution in [1.29, 1.82) is 0 Å². The predicted octanol–water partition coefficient (Wildman–Crippen LogP) is 4.63. The second-order valence-corrected chi connectivity index (χ2v) is 8.09. The normalized spacial score (nSPS) is 19.4. The van der Waals surface area contributed by atoms with Gasteiger partial charge in [-0.3, -0.25) is 4.79 Å². The molecule has 1 aromatic carbocycles. The molecule has 1 aliphatic rings. The fraction of sp³-hybridized carbons (Fsp3) is 0.640. The fourth-order valence-corrected chi connectivity index (χ4v) is 3.49. The second kappa shape index (κ2) is 16.1. The molecule has 0 amide bonds. The number of unbranched alkanes of at least 4 members (excludes halogenated alkanes) is 1. The van der Waals surface area contributed by atoms with Crippen LogP contribution in [-0.4, -0.2) is 40.6 Å². The van der Waals surface area contributed by atoms with Crippen molar-refractivity contribution in [1.82, 2.24) is 0 Å². The first-order chi connectivity index (χ1) is 14.5. The lowest BCUT2D eigenvalue weighted by Crippen LogP contribution is -2.07. The van der Waals surface area contributed by atoms with E-state index in [1.54, 1.807) is 0 Å². The first-order valence-corrected chi connectivity index (χ1v) is 11.3. The van der Waals surface area contributed by atoms with E-state index < -0.39 is 0 Å². The summed E-state index contributed by atoms with van der Waals surface area (Å²) in [6.45, 7) is 4.12. The molecule has 1 aromatic rings. The molecule has 0 aliphatic heterocycles. The van der Waals surface area contributed by atoms with Crippen LogP contribution in [0.1, 0.15) is 81.9 Å². The van der Waals surface area contributed by atoms with E-state index in [0.29, 0.717) is 12.3 Å². The van der Waals surface area contributed by atoms with Crippen molar-refractivity contribution in [3.8, 4) is 0 Å². The van der Waals surface area contributed by atoms with E-state index >= 15 is 0 Å². The van der Waals surface area contributed by atoms with Gasteiger partial charge in [0, 0.05) is 6.42 Å². The molecule has 0 bridgehead atoms. The van der Waals surface area contributed by atoms with Gasteiger partial charge >= 0.3 is 5.97 Å². The van der Waals surface area contributed by atoms with Gasteiger partial charge in [0.1, 0.15) is 6.61 Å². The predicted molar refractivity (Wildman–Crippen MR) is 120 cm³/mol. The Morgan fingerprint density at radius 1 is 1.23 bits per heavy atom. The summed E-state index contributed by atoms with van der Waals surface area (Å²) in [4.78, 5) is 11.1. The van der Waals surface area contributed by atoms with Crippen LogP contribution in [0.5, 0.6) is 0 Å². The molecule has 1 unspecified atom stereocenters. The Bertz CT molecular complexity index is 596. The number of hydrogen-bond acceptors (Lipinski definition) is 5. The van der Waals surface area contributed by atoms with Crippen molar-refractivity contribution >= 4 is 5.97 Å². The van der Waals surface area contributed by atoms with E-state index in [1.165, 1.54) is 5.56 Å². The lowest BCUT2D eigenvalue weighted by molar-refractivity contribution is -0.144. The number of hydrogen-bond donors (Lipinski definition) is 3. The third-order valence-corrected chi connectivity index (χ3v) is 5.28. The number of ether oxygens (including phenoxy) is 1. The summed E-state index contributed by atoms with van der Waals surface area (Å²) < 4.78 is 4.75. The number of aryl methyl sites for hydroxylation is 1. The van der Waals surface area contributed by atoms with E-state index in [4.69, 9.17) is 9.84 Å². The van der Waals surface area contributed by atoms with Crippen molar-refractivity contribution in [3.05, 3.63) is 47.5 Å². The average Bonchev–Trinajstić information content (AvgIpc) is 3.15. The Kier molecular flexibility index (Phi) is 14.1. The molecule has 5 heteroatoms. The van der Waals surface area contributed by atoms with Crippen LogP contribution in [-0.2, 0) is 9.53 Å². The van der Waals surface area contributed by atoms with Gasteiger partial charge in [-0.25, -0.2) is 0 Å². The van der Waals surface area contributed by atoms with Crippen LogP contribution in [0.4, 0.5) is 0 Å². The second-order valence-electron chi connectivity index (χ2n) is 8.09. The van der Waals surface area contributed by atoms with Crippen molar-refractivity contribution in [2.24, 2.45) is 5.92 Å². The largest absolute Gasteiger partial charge is 0.463 e. The number of aliphatic hydroxyl groups is 3. The topological polar surface area (TPSA) is 87.0 Å². The Hall–Kier alpha value is -1.69. The number of allylic oxidation sites excluding steroid dienone is 2. The average molecular weight is 421 g/mol. The summed E-state index contributed by atoms with van der Waals surface area (Å²) in [5, 5.41) is 27.5. The first kappa shape index (κ1) is 26.3. The van der Waals surface area contributed by atoms with E-state index in [1.807, 2.05) is 24.3 Å². The molecule has 0 radical (unpaired) electrons. The zero-order chi connectivity index (χ0) is 22.2. The fourth-order valence-electron chi connectivity index (χ4n) is 3.49. The molecule has 1 aliphatic carbocycles. The Morgan fingerprint density at radius 3 is 2.57 bits per heavy atom. The van der Waals surface area contributed by atoms with Gasteiger partial charge in [-0.2, -0.15) is 0 Å². The molecule has 2 rings (SSSR count). The maximum absolute atomic E-state index is 11.1. The molecule has 3 atom stereocenters. The van der Waals surface area contributed by atoms with Crippen LogP contribution in [0.15, 0.2) is 36.4 Å². The third kappa shape index (κ3) is 12.1. The van der Waals surface area contributed by atoms with Crippen molar-refractivity contribution in [3.63, 3.8) is 0 Å². The maximum Gasteiger partial charge on any atom is 0.305 e. The molecule has 0 heterocycles. The zero-order valence-corrected chi connectivity index (χ0v) is 18.6. The number of aliphatic hydroxyl groups excluding tert-OH is 3. The smallest absolute Gasteiger partial charge is 0.305 e. The van der Waals surface area contributed by atoms with Crippen LogP contribution >= 0.6 is 0 Å². The summed E-state index contributed by atoms with van der Waals surface area (Å²) in [6, 6.07) is 8.06. The SMILES string of the molecule is CCCC(O)c1ccc(C)cc1.O=C(CCC/C=C\C[C@H]1CC[C@@H](O)C1)OCCO. The standard InChI is InChI=1S/C14H24O4.C11H16O/c15-9-10-18-14(17)6-4-2-1-3-5-12-7-8-13(16)11-12;1-3-4-11(12)10-7-5-9(2)6-8-10/h1,3,12-13,15-16H,2,4-11H2;5-8,11-12H,3-4H2,1-2H3/b3-1-;/t12-,13+;/m0./s1. The highest BCUT2D eigenvalue weighted by atomic mass is 16.5. The Morgan fingerprint density at radius 2 is 1.97 bits per heavy atom. The molecule has 0 spiro atoms. The van der Waals surface area contributed by atoms with Gasteiger partial charge in [-0.05, 0) is 63.4 Å². The maximum atomic E-state index is 11.1. The molecule has 1 saturated carbocycles. The highest BCUT2D eigenvalue weighted by molar-refractivity contribution is 5.69. The van der Waals surface area contributed by atoms with Crippen LogP contribution in [0, 0.1) is 12.8 Å². The van der Waals surface area contributed by atoms with Gasteiger partial charge in [0.05, 0.1) is 18.8 Å². The zero-order valence-electron chi connectivity index (χ0n) is 18.6. The van der Waals surface area contributed by atoms with Crippen molar-refractivity contribution in [2.75, 3.05) is 13.2 Å². The van der Waals surface area contributed by atoms with E-state index in [-0.39, 0.29) is 31.4 Å². The van der Waals surface area contributed by atoms with Gasteiger partial charge in [0.2, 0.25) is 0 Å². The first-order valence-electron chi connectivity index (χ1n) is 11.3. The van der Waals surface area contributed by atoms with E-state index in [9.17, 15) is 15.0 Å². The number of benzene rings is 1. The summed E-state index contributed by atoms with van der Waals surface area (Å²) >= 11 is 0. The molecular weight excluding hydrogens is 380 g/mol.